The molecule has 0 fully saturated rings. The van der Waals surface area contributed by atoms with Gasteiger partial charge in [0, 0.05) is 22.1 Å². The number of thiazole rings is 2. The van der Waals surface area contributed by atoms with Crippen LogP contribution >= 0.6 is 22.7 Å². The Labute approximate surface area is 170 Å². The van der Waals surface area contributed by atoms with Gasteiger partial charge in [-0.3, -0.25) is 4.90 Å². The third-order valence-corrected chi connectivity index (χ3v) is 5.90. The third-order valence-electron chi connectivity index (χ3n) is 3.98. The summed E-state index contributed by atoms with van der Waals surface area (Å²) in [5, 5.41) is 9.29. The third kappa shape index (κ3) is 4.26. The number of rotatable bonds is 7. The minimum Gasteiger partial charge on any atom is -0.382 e. The molecule has 11 heteroatoms. The molecule has 0 radical (unpaired) electrons. The highest BCUT2D eigenvalue weighted by atomic mass is 32.1. The van der Waals surface area contributed by atoms with Crippen molar-refractivity contribution in [3.63, 3.8) is 0 Å². The van der Waals surface area contributed by atoms with E-state index in [1.165, 1.54) is 0 Å². The number of nitrogens with two attached hydrogens (primary N) is 1. The van der Waals surface area contributed by atoms with E-state index in [0.29, 0.717) is 36.0 Å². The van der Waals surface area contributed by atoms with E-state index in [9.17, 15) is 0 Å². The van der Waals surface area contributed by atoms with Crippen LogP contribution in [-0.2, 0) is 19.6 Å². The van der Waals surface area contributed by atoms with E-state index < -0.39 is 0 Å². The minimum atomic E-state index is 0.375. The fourth-order valence-corrected chi connectivity index (χ4v) is 4.34. The van der Waals surface area contributed by atoms with Crippen LogP contribution in [0.25, 0.3) is 11.2 Å². The lowest BCUT2D eigenvalue weighted by Crippen LogP contribution is -2.17. The topological polar surface area (TPSA) is 122 Å². The maximum Gasteiger partial charge on any atom is 0.227 e. The molecule has 4 N–H and O–H groups in total. The first-order valence-electron chi connectivity index (χ1n) is 8.73. The van der Waals surface area contributed by atoms with Crippen molar-refractivity contribution in [2.75, 3.05) is 18.1 Å². The molecule has 0 amide bonds. The lowest BCUT2D eigenvalue weighted by atomic mass is 10.5. The molecule has 0 aliphatic carbocycles. The molecule has 0 spiro atoms. The number of aryl methyl sites for hydroxylation is 2. The van der Waals surface area contributed by atoms with Crippen molar-refractivity contribution in [2.45, 2.75) is 33.5 Å². The molecule has 4 heterocycles. The smallest absolute Gasteiger partial charge is 0.227 e. The SMILES string of the molecule is Cc1csc(CNc2nc(N)c3[nH]c(CN(C)Cc4nc(C)cs4)nc3n2)n1. The molecular formula is C17H21N9S2. The van der Waals surface area contributed by atoms with Gasteiger partial charge >= 0.3 is 0 Å². The number of H-pyrrole nitrogens is 1. The van der Waals surface area contributed by atoms with E-state index in [1.54, 1.807) is 22.7 Å². The van der Waals surface area contributed by atoms with Crippen molar-refractivity contribution in [1.29, 1.82) is 0 Å². The van der Waals surface area contributed by atoms with Gasteiger partial charge in [-0.2, -0.15) is 9.97 Å². The second-order valence-electron chi connectivity index (χ2n) is 6.61. The quantitative estimate of drug-likeness (QED) is 0.421. The Morgan fingerprint density at radius 1 is 1.00 bits per heavy atom. The van der Waals surface area contributed by atoms with Crippen molar-refractivity contribution >= 4 is 45.6 Å². The zero-order chi connectivity index (χ0) is 19.7. The molecule has 0 atom stereocenters. The van der Waals surface area contributed by atoms with E-state index in [4.69, 9.17) is 5.73 Å². The van der Waals surface area contributed by atoms with Crippen molar-refractivity contribution < 1.29 is 0 Å². The van der Waals surface area contributed by atoms with Crippen LogP contribution in [-0.4, -0.2) is 41.9 Å². The van der Waals surface area contributed by atoms with Crippen LogP contribution in [0.5, 0.6) is 0 Å². The molecule has 146 valence electrons. The van der Waals surface area contributed by atoms with E-state index >= 15 is 0 Å². The highest BCUT2D eigenvalue weighted by Gasteiger charge is 2.13. The summed E-state index contributed by atoms with van der Waals surface area (Å²) in [6, 6.07) is 0. The Morgan fingerprint density at radius 3 is 2.39 bits per heavy atom. The minimum absolute atomic E-state index is 0.375. The summed E-state index contributed by atoms with van der Waals surface area (Å²) in [6.07, 6.45) is 0. The number of nitrogens with zero attached hydrogens (tertiary/aromatic N) is 6. The predicted octanol–water partition coefficient (Wildman–Crippen LogP) is 2.71. The van der Waals surface area contributed by atoms with Gasteiger partial charge in [0.2, 0.25) is 5.95 Å². The van der Waals surface area contributed by atoms with Gasteiger partial charge in [-0.25, -0.2) is 15.0 Å². The van der Waals surface area contributed by atoms with Crippen molar-refractivity contribution in [3.8, 4) is 0 Å². The first-order valence-corrected chi connectivity index (χ1v) is 10.5. The second kappa shape index (κ2) is 7.78. The van der Waals surface area contributed by atoms with Crippen molar-refractivity contribution in [2.24, 2.45) is 0 Å². The fourth-order valence-electron chi connectivity index (χ4n) is 2.78. The summed E-state index contributed by atoms with van der Waals surface area (Å²) >= 11 is 3.26. The number of nitrogens with one attached hydrogen (secondary N) is 2. The number of hydrogen-bond donors (Lipinski definition) is 3. The van der Waals surface area contributed by atoms with Crippen LogP contribution in [0, 0.1) is 13.8 Å². The number of imidazole rings is 1. The number of aromatic amines is 1. The van der Waals surface area contributed by atoms with Gasteiger partial charge in [0.25, 0.3) is 0 Å². The maximum atomic E-state index is 6.10. The molecule has 4 rings (SSSR count). The van der Waals surface area contributed by atoms with Crippen LogP contribution in [0.2, 0.25) is 0 Å². The molecule has 0 aromatic carbocycles. The largest absolute Gasteiger partial charge is 0.382 e. The van der Waals surface area contributed by atoms with Crippen molar-refractivity contribution in [3.05, 3.63) is 38.0 Å². The molecule has 0 aliphatic heterocycles. The van der Waals surface area contributed by atoms with Crippen LogP contribution < -0.4 is 11.1 Å². The number of anilines is 2. The monoisotopic (exact) mass is 415 g/mol. The highest BCUT2D eigenvalue weighted by molar-refractivity contribution is 7.09. The van der Waals surface area contributed by atoms with Gasteiger partial charge in [0.05, 0.1) is 19.6 Å². The zero-order valence-electron chi connectivity index (χ0n) is 15.9. The number of fused-ring (bicyclic) bond motifs is 1. The molecule has 4 aromatic heterocycles. The fraction of sp³-hybridized carbons (Fsp3) is 0.353. The molecular weight excluding hydrogens is 394 g/mol. The van der Waals surface area contributed by atoms with Gasteiger partial charge in [-0.05, 0) is 20.9 Å². The Bertz CT molecular complexity index is 1100. The van der Waals surface area contributed by atoms with E-state index in [-0.39, 0.29) is 0 Å². The molecule has 28 heavy (non-hydrogen) atoms. The van der Waals surface area contributed by atoms with E-state index in [1.807, 2.05) is 26.3 Å². The highest BCUT2D eigenvalue weighted by Crippen LogP contribution is 2.19. The first-order chi connectivity index (χ1) is 13.5. The van der Waals surface area contributed by atoms with E-state index in [2.05, 4.69) is 45.5 Å². The van der Waals surface area contributed by atoms with Gasteiger partial charge in [0.1, 0.15) is 21.4 Å². The van der Waals surface area contributed by atoms with Gasteiger partial charge in [-0.15, -0.1) is 22.7 Å². The van der Waals surface area contributed by atoms with Crippen molar-refractivity contribution in [1.82, 2.24) is 34.8 Å². The number of hydrogen-bond acceptors (Lipinski definition) is 10. The number of aromatic nitrogens is 6. The Kier molecular flexibility index (Phi) is 5.20. The summed E-state index contributed by atoms with van der Waals surface area (Å²) in [4.78, 5) is 27.7. The summed E-state index contributed by atoms with van der Waals surface area (Å²) in [5.74, 6) is 1.61. The second-order valence-corrected chi connectivity index (χ2v) is 8.49. The molecule has 0 saturated carbocycles. The Morgan fingerprint density at radius 2 is 1.71 bits per heavy atom. The molecule has 0 aliphatic rings. The summed E-state index contributed by atoms with van der Waals surface area (Å²) < 4.78 is 0. The maximum absolute atomic E-state index is 6.10. The predicted molar refractivity (Wildman–Crippen MR) is 112 cm³/mol. The summed E-state index contributed by atoms with van der Waals surface area (Å²) in [6.45, 7) is 5.92. The van der Waals surface area contributed by atoms with Gasteiger partial charge < -0.3 is 16.0 Å². The normalized spacial score (nSPS) is 11.6. The molecule has 9 nitrogen and oxygen atoms in total. The standard InChI is InChI=1S/C17H21N9S2/c1-9-7-27-12(20-9)4-19-17-24-15(18)14-16(25-17)23-11(22-14)5-26(3)6-13-21-10(2)8-28-13/h7-8H,4-6H2,1-3H3,(H4,18,19,22,23,24,25). The summed E-state index contributed by atoms with van der Waals surface area (Å²) in [5.41, 5.74) is 9.37. The summed E-state index contributed by atoms with van der Waals surface area (Å²) in [7, 11) is 2.03. The van der Waals surface area contributed by atoms with Crippen LogP contribution in [0.4, 0.5) is 11.8 Å². The molecule has 0 saturated heterocycles. The number of nitrogen functional groups attached to an aromatic ring is 1. The van der Waals surface area contributed by atoms with Crippen LogP contribution in [0.3, 0.4) is 0 Å². The van der Waals surface area contributed by atoms with Crippen LogP contribution in [0.1, 0.15) is 27.2 Å². The Hall–Kier alpha value is -2.63. The average Bonchev–Trinajstić information content (AvgIpc) is 3.33. The zero-order valence-corrected chi connectivity index (χ0v) is 17.5. The molecule has 0 unspecified atom stereocenters. The molecule has 0 bridgehead atoms. The lowest BCUT2D eigenvalue weighted by Gasteiger charge is -2.12. The Balaban J connectivity index is 1.46. The van der Waals surface area contributed by atoms with Gasteiger partial charge in [0.15, 0.2) is 11.5 Å². The van der Waals surface area contributed by atoms with Crippen LogP contribution in [0.15, 0.2) is 10.8 Å². The van der Waals surface area contributed by atoms with E-state index in [0.717, 1.165) is 33.8 Å². The first kappa shape index (κ1) is 18.7. The molecule has 4 aromatic rings. The average molecular weight is 416 g/mol. The van der Waals surface area contributed by atoms with Gasteiger partial charge in [-0.1, -0.05) is 0 Å². The lowest BCUT2D eigenvalue weighted by molar-refractivity contribution is 0.311.